The molecule has 0 bridgehead atoms. The van der Waals surface area contributed by atoms with Gasteiger partial charge in [-0.15, -0.1) is 0 Å². The first-order valence-electron chi connectivity index (χ1n) is 8.14. The average Bonchev–Trinajstić information content (AvgIpc) is 2.67. The van der Waals surface area contributed by atoms with Gasteiger partial charge in [0.15, 0.2) is 0 Å². The Labute approximate surface area is 155 Å². The summed E-state index contributed by atoms with van der Waals surface area (Å²) >= 11 is 6.34. The molecular formula is C19H16ClN5O. The molecule has 0 fully saturated rings. The van der Waals surface area contributed by atoms with Crippen LogP contribution in [0.3, 0.4) is 0 Å². The van der Waals surface area contributed by atoms with Crippen molar-refractivity contribution in [2.24, 2.45) is 5.11 Å². The third-order valence-electron chi connectivity index (χ3n) is 3.89. The molecule has 0 radical (unpaired) electrons. The third-order valence-corrected chi connectivity index (χ3v) is 4.22. The number of fused-ring (bicyclic) bond motifs is 1. The lowest BCUT2D eigenvalue weighted by atomic mass is 10.0. The van der Waals surface area contributed by atoms with Crippen LogP contribution >= 0.6 is 11.6 Å². The highest BCUT2D eigenvalue weighted by Crippen LogP contribution is 2.32. The van der Waals surface area contributed by atoms with Gasteiger partial charge in [-0.25, -0.2) is 4.98 Å². The van der Waals surface area contributed by atoms with E-state index >= 15 is 0 Å². The second kappa shape index (κ2) is 8.34. The van der Waals surface area contributed by atoms with Gasteiger partial charge in [0.05, 0.1) is 5.69 Å². The summed E-state index contributed by atoms with van der Waals surface area (Å²) in [5.41, 5.74) is 10.0. The molecule has 0 atom stereocenters. The molecule has 0 unspecified atom stereocenters. The molecular weight excluding hydrogens is 350 g/mol. The summed E-state index contributed by atoms with van der Waals surface area (Å²) in [4.78, 5) is 19.7. The number of hydrogen-bond donors (Lipinski definition) is 1. The van der Waals surface area contributed by atoms with Gasteiger partial charge < -0.3 is 5.32 Å². The lowest BCUT2D eigenvalue weighted by Crippen LogP contribution is -2.26. The first-order valence-corrected chi connectivity index (χ1v) is 8.52. The third kappa shape index (κ3) is 3.94. The number of halogens is 1. The van der Waals surface area contributed by atoms with Gasteiger partial charge in [0.25, 0.3) is 5.91 Å². The predicted molar refractivity (Wildman–Crippen MR) is 103 cm³/mol. The minimum atomic E-state index is -0.273. The molecule has 130 valence electrons. The Balaban J connectivity index is 1.96. The minimum Gasteiger partial charge on any atom is -0.351 e. The lowest BCUT2D eigenvalue weighted by Gasteiger charge is -2.11. The summed E-state index contributed by atoms with van der Waals surface area (Å²) in [6.45, 7) is 0.751. The second-order valence-electron chi connectivity index (χ2n) is 5.62. The van der Waals surface area contributed by atoms with Crippen molar-refractivity contribution in [3.8, 4) is 11.3 Å². The fraction of sp³-hybridized carbons (Fsp3) is 0.158. The van der Waals surface area contributed by atoms with Crippen molar-refractivity contribution in [2.75, 3.05) is 13.1 Å². The Morgan fingerprint density at radius 1 is 1.19 bits per heavy atom. The minimum absolute atomic E-state index is 0.273. The fourth-order valence-electron chi connectivity index (χ4n) is 2.66. The van der Waals surface area contributed by atoms with Crippen molar-refractivity contribution >= 4 is 28.3 Å². The standard InChI is InChI=1S/C19H16ClN5O/c20-16-9-4-3-8-15(16)18-14-7-2-1-6-13(14)12-17(24-18)19(26)22-10-5-11-23-25-21/h1-4,6-9,12H,5,10-11H2,(H,22,26). The van der Waals surface area contributed by atoms with Crippen molar-refractivity contribution in [1.82, 2.24) is 10.3 Å². The number of azide groups is 1. The van der Waals surface area contributed by atoms with Gasteiger partial charge in [-0.2, -0.15) is 0 Å². The van der Waals surface area contributed by atoms with E-state index in [1.54, 1.807) is 12.1 Å². The number of rotatable bonds is 6. The van der Waals surface area contributed by atoms with E-state index in [9.17, 15) is 4.79 Å². The van der Waals surface area contributed by atoms with Gasteiger partial charge in [0.2, 0.25) is 0 Å². The van der Waals surface area contributed by atoms with Crippen molar-refractivity contribution in [1.29, 1.82) is 0 Å². The van der Waals surface area contributed by atoms with Crippen LogP contribution in [0.4, 0.5) is 0 Å². The maximum absolute atomic E-state index is 12.5. The number of nitrogens with one attached hydrogen (secondary N) is 1. The zero-order valence-electron chi connectivity index (χ0n) is 13.9. The molecule has 3 aromatic rings. The smallest absolute Gasteiger partial charge is 0.269 e. The molecule has 0 aliphatic heterocycles. The normalized spacial score (nSPS) is 10.3. The van der Waals surface area contributed by atoms with Crippen LogP contribution in [0.1, 0.15) is 16.9 Å². The van der Waals surface area contributed by atoms with Crippen LogP contribution < -0.4 is 5.32 Å². The van der Waals surface area contributed by atoms with Crippen LogP contribution in [0.2, 0.25) is 5.02 Å². The summed E-state index contributed by atoms with van der Waals surface area (Å²) in [5.74, 6) is -0.273. The maximum atomic E-state index is 12.5. The van der Waals surface area contributed by atoms with Gasteiger partial charge in [-0.1, -0.05) is 59.2 Å². The van der Waals surface area contributed by atoms with E-state index in [-0.39, 0.29) is 5.91 Å². The molecule has 7 heteroatoms. The molecule has 1 amide bonds. The molecule has 1 aromatic heterocycles. The van der Waals surface area contributed by atoms with Crippen LogP contribution in [0, 0.1) is 0 Å². The Hall–Kier alpha value is -3.08. The highest BCUT2D eigenvalue weighted by atomic mass is 35.5. The number of aromatic nitrogens is 1. The zero-order valence-corrected chi connectivity index (χ0v) is 14.6. The summed E-state index contributed by atoms with van der Waals surface area (Å²) in [6.07, 6.45) is 0.570. The van der Waals surface area contributed by atoms with Gasteiger partial charge >= 0.3 is 0 Å². The van der Waals surface area contributed by atoms with E-state index < -0.39 is 0 Å². The van der Waals surface area contributed by atoms with Crippen LogP contribution in [0.5, 0.6) is 0 Å². The number of nitrogens with zero attached hydrogens (tertiary/aromatic N) is 4. The highest BCUT2D eigenvalue weighted by molar-refractivity contribution is 6.33. The van der Waals surface area contributed by atoms with Crippen LogP contribution in [-0.2, 0) is 0 Å². The van der Waals surface area contributed by atoms with Crippen molar-refractivity contribution < 1.29 is 4.79 Å². The monoisotopic (exact) mass is 365 g/mol. The Kier molecular flexibility index (Phi) is 5.69. The van der Waals surface area contributed by atoms with Gasteiger partial charge in [0, 0.05) is 34.0 Å². The number of hydrogen-bond acceptors (Lipinski definition) is 3. The van der Waals surface area contributed by atoms with Crippen LogP contribution in [0.15, 0.2) is 59.7 Å². The lowest BCUT2D eigenvalue weighted by molar-refractivity contribution is 0.0949. The topological polar surface area (TPSA) is 90.8 Å². The number of pyridine rings is 1. The molecule has 2 aromatic carbocycles. The Morgan fingerprint density at radius 2 is 1.96 bits per heavy atom. The Morgan fingerprint density at radius 3 is 2.77 bits per heavy atom. The van der Waals surface area contributed by atoms with Crippen LogP contribution in [0.25, 0.3) is 32.5 Å². The number of carbonyl (C=O) groups excluding carboxylic acids is 1. The van der Waals surface area contributed by atoms with Gasteiger partial charge in [-0.05, 0) is 29.5 Å². The molecule has 0 saturated heterocycles. The van der Waals surface area contributed by atoms with E-state index in [4.69, 9.17) is 17.1 Å². The summed E-state index contributed by atoms with van der Waals surface area (Å²) in [5, 5.41) is 8.67. The van der Waals surface area contributed by atoms with E-state index in [2.05, 4.69) is 20.3 Å². The number of carbonyl (C=O) groups is 1. The van der Waals surface area contributed by atoms with Crippen molar-refractivity contribution in [2.45, 2.75) is 6.42 Å². The summed E-state index contributed by atoms with van der Waals surface area (Å²) in [7, 11) is 0. The quantitative estimate of drug-likeness (QED) is 0.288. The molecule has 1 heterocycles. The van der Waals surface area contributed by atoms with Crippen LogP contribution in [-0.4, -0.2) is 24.0 Å². The van der Waals surface area contributed by atoms with Gasteiger partial charge in [-0.3, -0.25) is 4.79 Å². The number of benzene rings is 2. The van der Waals surface area contributed by atoms with E-state index in [1.165, 1.54) is 0 Å². The molecule has 26 heavy (non-hydrogen) atoms. The van der Waals surface area contributed by atoms with E-state index in [1.807, 2.05) is 42.5 Å². The average molecular weight is 366 g/mol. The summed E-state index contributed by atoms with van der Waals surface area (Å²) in [6, 6.07) is 16.9. The fourth-order valence-corrected chi connectivity index (χ4v) is 2.89. The van der Waals surface area contributed by atoms with Crippen molar-refractivity contribution in [3.05, 3.63) is 75.8 Å². The Bertz CT molecular complexity index is 998. The summed E-state index contributed by atoms with van der Waals surface area (Å²) < 4.78 is 0. The first kappa shape index (κ1) is 17.7. The molecule has 3 rings (SSSR count). The first-order chi connectivity index (χ1) is 12.7. The molecule has 0 aliphatic rings. The molecule has 0 spiro atoms. The molecule has 6 nitrogen and oxygen atoms in total. The maximum Gasteiger partial charge on any atom is 0.269 e. The second-order valence-corrected chi connectivity index (χ2v) is 6.03. The number of amides is 1. The highest BCUT2D eigenvalue weighted by Gasteiger charge is 2.14. The van der Waals surface area contributed by atoms with Gasteiger partial charge in [0.1, 0.15) is 5.69 Å². The molecule has 0 aliphatic carbocycles. The van der Waals surface area contributed by atoms with E-state index in [0.29, 0.717) is 35.9 Å². The van der Waals surface area contributed by atoms with E-state index in [0.717, 1.165) is 16.3 Å². The predicted octanol–water partition coefficient (Wildman–Crippen LogP) is 4.99. The zero-order chi connectivity index (χ0) is 18.4. The molecule has 1 N–H and O–H groups in total. The SMILES string of the molecule is [N-]=[N+]=NCCCNC(=O)c1cc2ccccc2c(-c2ccccc2Cl)n1. The van der Waals surface area contributed by atoms with Crippen molar-refractivity contribution in [3.63, 3.8) is 0 Å². The molecule has 0 saturated carbocycles. The largest absolute Gasteiger partial charge is 0.351 e.